The lowest BCUT2D eigenvalue weighted by molar-refractivity contribution is 0.0696. The van der Waals surface area contributed by atoms with Gasteiger partial charge in [-0.25, -0.2) is 9.78 Å². The van der Waals surface area contributed by atoms with Gasteiger partial charge in [0.25, 0.3) is 0 Å². The molecular formula is C13H9Cl2NO2S. The number of benzene rings is 1. The lowest BCUT2D eigenvalue weighted by Gasteiger charge is -2.05. The van der Waals surface area contributed by atoms with Crippen molar-refractivity contribution < 1.29 is 9.90 Å². The van der Waals surface area contributed by atoms with Gasteiger partial charge < -0.3 is 5.11 Å². The Morgan fingerprint density at radius 1 is 1.26 bits per heavy atom. The monoisotopic (exact) mass is 313 g/mol. The van der Waals surface area contributed by atoms with Crippen LogP contribution in [-0.4, -0.2) is 16.1 Å². The van der Waals surface area contributed by atoms with E-state index in [-0.39, 0.29) is 10.6 Å². The molecule has 0 bridgehead atoms. The Hall–Kier alpha value is -1.23. The summed E-state index contributed by atoms with van der Waals surface area (Å²) in [6, 6.07) is 8.96. The van der Waals surface area contributed by atoms with Gasteiger partial charge in [0, 0.05) is 17.0 Å². The lowest BCUT2D eigenvalue weighted by atomic mass is 10.2. The zero-order valence-corrected chi connectivity index (χ0v) is 12.0. The van der Waals surface area contributed by atoms with Crippen LogP contribution >= 0.6 is 35.0 Å². The third-order valence-corrected chi connectivity index (χ3v) is 4.04. The van der Waals surface area contributed by atoms with Crippen molar-refractivity contribution in [3.63, 3.8) is 0 Å². The van der Waals surface area contributed by atoms with Gasteiger partial charge >= 0.3 is 5.97 Å². The van der Waals surface area contributed by atoms with Gasteiger partial charge in [-0.3, -0.25) is 0 Å². The number of halogens is 2. The van der Waals surface area contributed by atoms with Crippen LogP contribution in [0.4, 0.5) is 0 Å². The SMILES string of the molecule is O=C(O)c1cc(SCc2ccccc2Cl)ncc1Cl. The van der Waals surface area contributed by atoms with E-state index in [0.29, 0.717) is 15.8 Å². The standard InChI is InChI=1S/C13H9Cl2NO2S/c14-10-4-2-1-3-8(10)7-19-12-5-9(13(17)18)11(15)6-16-12/h1-6H,7H2,(H,17,18). The summed E-state index contributed by atoms with van der Waals surface area (Å²) in [4.78, 5) is 15.1. The molecule has 0 saturated heterocycles. The van der Waals surface area contributed by atoms with Crippen molar-refractivity contribution in [1.29, 1.82) is 0 Å². The molecule has 0 atom stereocenters. The van der Waals surface area contributed by atoms with Gasteiger partial charge in [-0.2, -0.15) is 0 Å². The van der Waals surface area contributed by atoms with Crippen LogP contribution in [0.25, 0.3) is 0 Å². The number of hydrogen-bond donors (Lipinski definition) is 1. The highest BCUT2D eigenvalue weighted by molar-refractivity contribution is 7.98. The molecule has 0 amide bonds. The summed E-state index contributed by atoms with van der Waals surface area (Å²) in [5.41, 5.74) is 1.03. The smallest absolute Gasteiger partial charge is 0.337 e. The fourth-order valence-electron chi connectivity index (χ4n) is 1.43. The molecule has 0 unspecified atom stereocenters. The number of carbonyl (C=O) groups is 1. The molecule has 1 heterocycles. The van der Waals surface area contributed by atoms with E-state index < -0.39 is 5.97 Å². The number of rotatable bonds is 4. The second-order valence-corrected chi connectivity index (χ2v) is 5.50. The quantitative estimate of drug-likeness (QED) is 0.851. The van der Waals surface area contributed by atoms with E-state index in [1.807, 2.05) is 24.3 Å². The first-order chi connectivity index (χ1) is 9.08. The van der Waals surface area contributed by atoms with Gasteiger partial charge in [0.1, 0.15) is 0 Å². The predicted molar refractivity (Wildman–Crippen MR) is 77.2 cm³/mol. The van der Waals surface area contributed by atoms with E-state index in [9.17, 15) is 4.79 Å². The second kappa shape index (κ2) is 6.28. The molecule has 0 spiro atoms. The largest absolute Gasteiger partial charge is 0.478 e. The molecule has 0 aliphatic carbocycles. The zero-order chi connectivity index (χ0) is 13.8. The van der Waals surface area contributed by atoms with E-state index >= 15 is 0 Å². The van der Waals surface area contributed by atoms with Crippen LogP contribution in [0.15, 0.2) is 41.6 Å². The van der Waals surface area contributed by atoms with Crippen LogP contribution in [-0.2, 0) is 5.75 Å². The number of thioether (sulfide) groups is 1. The van der Waals surface area contributed by atoms with Gasteiger partial charge in [-0.15, -0.1) is 11.8 Å². The van der Waals surface area contributed by atoms with Crippen molar-refractivity contribution in [2.75, 3.05) is 0 Å². The molecule has 0 radical (unpaired) electrons. The van der Waals surface area contributed by atoms with Crippen LogP contribution in [0.2, 0.25) is 10.0 Å². The zero-order valence-electron chi connectivity index (χ0n) is 9.64. The Bertz CT molecular complexity index is 619. The van der Waals surface area contributed by atoms with E-state index in [0.717, 1.165) is 5.56 Å². The Morgan fingerprint density at radius 2 is 2.00 bits per heavy atom. The van der Waals surface area contributed by atoms with Crippen molar-refractivity contribution >= 4 is 40.9 Å². The molecular weight excluding hydrogens is 305 g/mol. The number of aromatic nitrogens is 1. The molecule has 3 nitrogen and oxygen atoms in total. The van der Waals surface area contributed by atoms with Crippen LogP contribution in [0, 0.1) is 0 Å². The summed E-state index contributed by atoms with van der Waals surface area (Å²) in [7, 11) is 0. The third kappa shape index (κ3) is 3.62. The van der Waals surface area contributed by atoms with Gasteiger partial charge in [-0.05, 0) is 17.7 Å². The number of carboxylic acid groups (broad SMARTS) is 1. The summed E-state index contributed by atoms with van der Waals surface area (Å²) < 4.78 is 0. The van der Waals surface area contributed by atoms with Crippen LogP contribution in [0.3, 0.4) is 0 Å². The summed E-state index contributed by atoms with van der Waals surface area (Å²) in [5.74, 6) is -0.445. The average molecular weight is 314 g/mol. The van der Waals surface area contributed by atoms with E-state index in [1.54, 1.807) is 0 Å². The molecule has 1 N–H and O–H groups in total. The highest BCUT2D eigenvalue weighted by Crippen LogP contribution is 2.27. The van der Waals surface area contributed by atoms with Gasteiger partial charge in [0.2, 0.25) is 0 Å². The molecule has 0 aliphatic rings. The fourth-order valence-corrected chi connectivity index (χ4v) is 2.78. The predicted octanol–water partition coefficient (Wildman–Crippen LogP) is 4.38. The molecule has 0 fully saturated rings. The van der Waals surface area contributed by atoms with Crippen molar-refractivity contribution in [2.24, 2.45) is 0 Å². The first kappa shape index (κ1) is 14.2. The minimum Gasteiger partial charge on any atom is -0.478 e. The third-order valence-electron chi connectivity index (χ3n) is 2.39. The number of pyridine rings is 1. The van der Waals surface area contributed by atoms with Gasteiger partial charge in [0.05, 0.1) is 15.6 Å². The second-order valence-electron chi connectivity index (χ2n) is 3.69. The molecule has 1 aromatic carbocycles. The van der Waals surface area contributed by atoms with E-state index in [4.69, 9.17) is 28.3 Å². The maximum atomic E-state index is 11.0. The topological polar surface area (TPSA) is 50.2 Å². The molecule has 98 valence electrons. The minimum absolute atomic E-state index is 0.0540. The Kier molecular flexibility index (Phi) is 4.69. The summed E-state index contributed by atoms with van der Waals surface area (Å²) in [5, 5.41) is 10.4. The summed E-state index contributed by atoms with van der Waals surface area (Å²) in [6.07, 6.45) is 1.35. The van der Waals surface area contributed by atoms with Crippen LogP contribution < -0.4 is 0 Å². The molecule has 2 rings (SSSR count). The Balaban J connectivity index is 2.14. The first-order valence-electron chi connectivity index (χ1n) is 5.33. The number of aromatic carboxylic acids is 1. The van der Waals surface area contributed by atoms with Crippen molar-refractivity contribution in [2.45, 2.75) is 10.8 Å². The van der Waals surface area contributed by atoms with Crippen molar-refractivity contribution in [3.8, 4) is 0 Å². The normalized spacial score (nSPS) is 10.4. The van der Waals surface area contributed by atoms with Crippen LogP contribution in [0.5, 0.6) is 0 Å². The molecule has 6 heteroatoms. The van der Waals surface area contributed by atoms with Gasteiger partial charge in [-0.1, -0.05) is 41.4 Å². The first-order valence-corrected chi connectivity index (χ1v) is 7.07. The van der Waals surface area contributed by atoms with Crippen LogP contribution in [0.1, 0.15) is 15.9 Å². The van der Waals surface area contributed by atoms with E-state index in [1.165, 1.54) is 24.0 Å². The van der Waals surface area contributed by atoms with Crippen molar-refractivity contribution in [1.82, 2.24) is 4.98 Å². The Labute approximate surface area is 124 Å². The maximum Gasteiger partial charge on any atom is 0.337 e. The van der Waals surface area contributed by atoms with Gasteiger partial charge in [0.15, 0.2) is 0 Å². The molecule has 2 aromatic rings. The molecule has 19 heavy (non-hydrogen) atoms. The number of nitrogens with zero attached hydrogens (tertiary/aromatic N) is 1. The number of hydrogen-bond acceptors (Lipinski definition) is 3. The van der Waals surface area contributed by atoms with E-state index in [2.05, 4.69) is 4.98 Å². The van der Waals surface area contributed by atoms with Crippen molar-refractivity contribution in [3.05, 3.63) is 57.7 Å². The Morgan fingerprint density at radius 3 is 2.68 bits per heavy atom. The summed E-state index contributed by atoms with van der Waals surface area (Å²) >= 11 is 13.2. The fraction of sp³-hybridized carbons (Fsp3) is 0.0769. The molecule has 1 aromatic heterocycles. The highest BCUT2D eigenvalue weighted by atomic mass is 35.5. The molecule has 0 saturated carbocycles. The maximum absolute atomic E-state index is 11.0. The average Bonchev–Trinajstić information content (AvgIpc) is 2.39. The number of carboxylic acids is 1. The minimum atomic E-state index is -1.06. The highest BCUT2D eigenvalue weighted by Gasteiger charge is 2.11. The summed E-state index contributed by atoms with van der Waals surface area (Å²) in [6.45, 7) is 0. The lowest BCUT2D eigenvalue weighted by Crippen LogP contribution is -1.98. The molecule has 0 aliphatic heterocycles.